The van der Waals surface area contributed by atoms with Crippen molar-refractivity contribution in [3.8, 4) is 0 Å². The van der Waals surface area contributed by atoms with Crippen LogP contribution in [-0.4, -0.2) is 38.9 Å². The van der Waals surface area contributed by atoms with Gasteiger partial charge in [0.1, 0.15) is 10.7 Å². The molecule has 1 rings (SSSR count). The Kier molecular flexibility index (Phi) is 5.30. The predicted octanol–water partition coefficient (Wildman–Crippen LogP) is 0.861. The van der Waals surface area contributed by atoms with Gasteiger partial charge in [-0.05, 0) is 38.5 Å². The van der Waals surface area contributed by atoms with E-state index in [1.165, 1.54) is 11.8 Å². The van der Waals surface area contributed by atoms with E-state index in [0.29, 0.717) is 12.1 Å². The van der Waals surface area contributed by atoms with Gasteiger partial charge in [-0.3, -0.25) is 4.79 Å². The molecule has 21 heavy (non-hydrogen) atoms. The van der Waals surface area contributed by atoms with Crippen molar-refractivity contribution in [2.45, 2.75) is 31.7 Å². The summed E-state index contributed by atoms with van der Waals surface area (Å²) >= 11 is 0. The third-order valence-corrected chi connectivity index (χ3v) is 4.72. The second-order valence-corrected chi connectivity index (χ2v) is 6.52. The maximum absolute atomic E-state index is 13.8. The zero-order valence-electron chi connectivity index (χ0n) is 12.5. The van der Waals surface area contributed by atoms with Crippen LogP contribution in [0.3, 0.4) is 0 Å². The van der Waals surface area contributed by atoms with Gasteiger partial charge < -0.3 is 10.6 Å². The third kappa shape index (κ3) is 3.92. The number of aryl methyl sites for hydroxylation is 1. The van der Waals surface area contributed by atoms with Crippen LogP contribution in [0.25, 0.3) is 0 Å². The second-order valence-electron chi connectivity index (χ2n) is 4.83. The molecular formula is C13H20FN3O3S. The smallest absolute Gasteiger partial charge is 0.244 e. The molecular weight excluding hydrogens is 297 g/mol. The molecule has 0 spiro atoms. The molecule has 1 unspecified atom stereocenters. The number of likely N-dealkylation sites (N-methyl/N-ethyl adjacent to an activating group) is 1. The number of carbonyl (C=O) groups is 1. The molecule has 8 heteroatoms. The Morgan fingerprint density at radius 1 is 1.48 bits per heavy atom. The van der Waals surface area contributed by atoms with Gasteiger partial charge >= 0.3 is 0 Å². The maximum atomic E-state index is 13.8. The highest BCUT2D eigenvalue weighted by atomic mass is 32.2. The summed E-state index contributed by atoms with van der Waals surface area (Å²) in [4.78, 5) is 12.7. The molecule has 0 aliphatic rings. The lowest BCUT2D eigenvalue weighted by atomic mass is 10.2. The fraction of sp³-hybridized carbons (Fsp3) is 0.462. The van der Waals surface area contributed by atoms with Gasteiger partial charge in [0.25, 0.3) is 0 Å². The van der Waals surface area contributed by atoms with E-state index in [0.717, 1.165) is 12.1 Å². The summed E-state index contributed by atoms with van der Waals surface area (Å²) in [5.74, 6) is -1.31. The van der Waals surface area contributed by atoms with Gasteiger partial charge in [0.15, 0.2) is 0 Å². The maximum Gasteiger partial charge on any atom is 0.244 e. The SMILES string of the molecule is CCN(C)C(=O)C(C)NS(=O)(=O)c1cc(N)c(C)cc1F. The lowest BCUT2D eigenvalue weighted by Crippen LogP contribution is -2.45. The van der Waals surface area contributed by atoms with Gasteiger partial charge in [-0.15, -0.1) is 0 Å². The fourth-order valence-electron chi connectivity index (χ4n) is 1.71. The van der Waals surface area contributed by atoms with Crippen LogP contribution in [0.4, 0.5) is 10.1 Å². The van der Waals surface area contributed by atoms with E-state index in [4.69, 9.17) is 5.73 Å². The first-order valence-corrected chi connectivity index (χ1v) is 7.91. The van der Waals surface area contributed by atoms with Crippen LogP contribution < -0.4 is 10.5 Å². The topological polar surface area (TPSA) is 92.5 Å². The van der Waals surface area contributed by atoms with Crippen molar-refractivity contribution in [3.05, 3.63) is 23.5 Å². The first-order chi connectivity index (χ1) is 9.60. The highest BCUT2D eigenvalue weighted by Gasteiger charge is 2.26. The zero-order chi connectivity index (χ0) is 16.4. The summed E-state index contributed by atoms with van der Waals surface area (Å²) in [6.45, 7) is 5.18. The quantitative estimate of drug-likeness (QED) is 0.788. The molecule has 1 aromatic rings. The van der Waals surface area contributed by atoms with E-state index in [2.05, 4.69) is 4.72 Å². The molecule has 0 radical (unpaired) electrons. The largest absolute Gasteiger partial charge is 0.398 e. The van der Waals surface area contributed by atoms with E-state index in [-0.39, 0.29) is 5.69 Å². The van der Waals surface area contributed by atoms with Crippen LogP contribution in [0.5, 0.6) is 0 Å². The number of nitrogens with one attached hydrogen (secondary N) is 1. The molecule has 0 aliphatic carbocycles. The van der Waals surface area contributed by atoms with Crippen molar-refractivity contribution in [2.24, 2.45) is 0 Å². The number of halogens is 1. The lowest BCUT2D eigenvalue weighted by Gasteiger charge is -2.20. The highest BCUT2D eigenvalue weighted by Crippen LogP contribution is 2.21. The molecule has 0 heterocycles. The monoisotopic (exact) mass is 317 g/mol. The first-order valence-electron chi connectivity index (χ1n) is 6.43. The number of nitrogens with zero attached hydrogens (tertiary/aromatic N) is 1. The Hall–Kier alpha value is -1.67. The lowest BCUT2D eigenvalue weighted by molar-refractivity contribution is -0.131. The highest BCUT2D eigenvalue weighted by molar-refractivity contribution is 7.89. The standard InChI is InChI=1S/C13H20FN3O3S/c1-5-17(4)13(18)9(3)16-21(19,20)12-7-11(15)8(2)6-10(12)14/h6-7,9,16H,5,15H2,1-4H3. The van der Waals surface area contributed by atoms with Crippen LogP contribution in [0.1, 0.15) is 19.4 Å². The molecule has 1 aromatic carbocycles. The predicted molar refractivity (Wildman–Crippen MR) is 78.6 cm³/mol. The van der Waals surface area contributed by atoms with E-state index in [1.807, 2.05) is 0 Å². The van der Waals surface area contributed by atoms with E-state index in [1.54, 1.807) is 20.9 Å². The van der Waals surface area contributed by atoms with Crippen molar-refractivity contribution < 1.29 is 17.6 Å². The minimum atomic E-state index is -4.17. The summed E-state index contributed by atoms with van der Waals surface area (Å²) in [7, 11) is -2.62. The average Bonchev–Trinajstić information content (AvgIpc) is 2.40. The number of anilines is 1. The Bertz CT molecular complexity index is 646. The molecule has 0 saturated carbocycles. The van der Waals surface area contributed by atoms with Crippen molar-refractivity contribution >= 4 is 21.6 Å². The van der Waals surface area contributed by atoms with Gasteiger partial charge in [0, 0.05) is 19.3 Å². The Morgan fingerprint density at radius 2 is 2.05 bits per heavy atom. The van der Waals surface area contributed by atoms with Crippen LogP contribution in [-0.2, 0) is 14.8 Å². The molecule has 0 bridgehead atoms. The summed E-state index contributed by atoms with van der Waals surface area (Å²) in [5.41, 5.74) is 6.23. The molecule has 0 aliphatic heterocycles. The van der Waals surface area contributed by atoms with Gasteiger partial charge in [0.2, 0.25) is 15.9 Å². The van der Waals surface area contributed by atoms with Crippen molar-refractivity contribution in [3.63, 3.8) is 0 Å². The summed E-state index contributed by atoms with van der Waals surface area (Å²) in [5, 5.41) is 0. The van der Waals surface area contributed by atoms with Crippen LogP contribution in [0, 0.1) is 12.7 Å². The summed E-state index contributed by atoms with van der Waals surface area (Å²) < 4.78 is 40.3. The van der Waals surface area contributed by atoms with Crippen LogP contribution in [0.15, 0.2) is 17.0 Å². The normalized spacial score (nSPS) is 13.0. The number of hydrogen-bond donors (Lipinski definition) is 2. The number of benzene rings is 1. The minimum Gasteiger partial charge on any atom is -0.398 e. The fourth-order valence-corrected chi connectivity index (χ4v) is 3.00. The molecule has 0 fully saturated rings. The number of hydrogen-bond acceptors (Lipinski definition) is 4. The van der Waals surface area contributed by atoms with Crippen LogP contribution in [0.2, 0.25) is 0 Å². The molecule has 118 valence electrons. The molecule has 3 N–H and O–H groups in total. The molecule has 6 nitrogen and oxygen atoms in total. The molecule has 0 aromatic heterocycles. The van der Waals surface area contributed by atoms with Gasteiger partial charge in [-0.2, -0.15) is 4.72 Å². The number of carbonyl (C=O) groups excluding carboxylic acids is 1. The Balaban J connectivity index is 3.08. The van der Waals surface area contributed by atoms with Crippen molar-refractivity contribution in [1.29, 1.82) is 0 Å². The van der Waals surface area contributed by atoms with E-state index >= 15 is 0 Å². The average molecular weight is 317 g/mol. The molecule has 1 atom stereocenters. The minimum absolute atomic E-state index is 0.168. The van der Waals surface area contributed by atoms with E-state index in [9.17, 15) is 17.6 Å². The number of rotatable bonds is 5. The summed E-state index contributed by atoms with van der Waals surface area (Å²) in [6, 6.07) is 1.10. The van der Waals surface area contributed by atoms with Crippen molar-refractivity contribution in [1.82, 2.24) is 9.62 Å². The number of nitrogens with two attached hydrogens (primary N) is 1. The first kappa shape index (κ1) is 17.4. The van der Waals surface area contributed by atoms with E-state index < -0.39 is 32.7 Å². The molecule has 1 amide bonds. The van der Waals surface area contributed by atoms with Gasteiger partial charge in [-0.1, -0.05) is 0 Å². The molecule has 0 saturated heterocycles. The third-order valence-electron chi connectivity index (χ3n) is 3.16. The number of sulfonamides is 1. The summed E-state index contributed by atoms with van der Waals surface area (Å²) in [6.07, 6.45) is 0. The Morgan fingerprint density at radius 3 is 2.57 bits per heavy atom. The second kappa shape index (κ2) is 6.40. The number of nitrogen functional groups attached to an aromatic ring is 1. The van der Waals surface area contributed by atoms with Crippen molar-refractivity contribution in [2.75, 3.05) is 19.3 Å². The van der Waals surface area contributed by atoms with Crippen LogP contribution >= 0.6 is 0 Å². The Labute approximate surface area is 124 Å². The van der Waals surface area contributed by atoms with Gasteiger partial charge in [-0.25, -0.2) is 12.8 Å². The number of amides is 1. The van der Waals surface area contributed by atoms with Gasteiger partial charge in [0.05, 0.1) is 6.04 Å². The zero-order valence-corrected chi connectivity index (χ0v) is 13.3.